The molecular weight excluding hydrogens is 231 g/mol. The van der Waals surface area contributed by atoms with Gasteiger partial charge in [0.25, 0.3) is 0 Å². The van der Waals surface area contributed by atoms with E-state index in [2.05, 4.69) is 0 Å². The highest BCUT2D eigenvalue weighted by atomic mass is 32.2. The van der Waals surface area contributed by atoms with E-state index in [9.17, 15) is 12.8 Å². The fourth-order valence-electron chi connectivity index (χ4n) is 1.75. The van der Waals surface area contributed by atoms with Gasteiger partial charge in [-0.2, -0.15) is 0 Å². The van der Waals surface area contributed by atoms with Gasteiger partial charge in [-0.1, -0.05) is 0 Å². The summed E-state index contributed by atoms with van der Waals surface area (Å²) in [5, 5.41) is 0. The minimum absolute atomic E-state index is 0.115. The van der Waals surface area contributed by atoms with E-state index in [0.717, 1.165) is 0 Å². The number of hydrogen-bond acceptors (Lipinski definition) is 4. The van der Waals surface area contributed by atoms with Crippen LogP contribution in [0.5, 0.6) is 0 Å². The smallest absolute Gasteiger partial charge is 0.153 e. The van der Waals surface area contributed by atoms with Crippen molar-refractivity contribution in [2.24, 2.45) is 0 Å². The lowest BCUT2D eigenvalue weighted by atomic mass is 10.2. The molecule has 88 valence electrons. The summed E-state index contributed by atoms with van der Waals surface area (Å²) < 4.78 is 35.6. The summed E-state index contributed by atoms with van der Waals surface area (Å²) in [5.41, 5.74) is 6.53. The Morgan fingerprint density at radius 1 is 1.19 bits per heavy atom. The second-order valence-electron chi connectivity index (χ2n) is 3.88. The van der Waals surface area contributed by atoms with Gasteiger partial charge < -0.3 is 10.6 Å². The standard InChI is InChI=1S/C10H13FN2O2S/c11-8-5-9(12)7-10(6-8)13-1-3-16(14,15)4-2-13/h5-7H,1-4,12H2. The van der Waals surface area contributed by atoms with Crippen molar-refractivity contribution in [3.8, 4) is 0 Å². The van der Waals surface area contributed by atoms with Gasteiger partial charge in [0, 0.05) is 24.5 Å². The Balaban J connectivity index is 2.20. The van der Waals surface area contributed by atoms with Crippen molar-refractivity contribution in [2.45, 2.75) is 0 Å². The van der Waals surface area contributed by atoms with E-state index in [1.807, 2.05) is 4.90 Å². The first-order valence-corrected chi connectivity index (χ1v) is 6.80. The van der Waals surface area contributed by atoms with Crippen molar-refractivity contribution in [1.29, 1.82) is 0 Å². The number of hydrogen-bond donors (Lipinski definition) is 1. The zero-order valence-corrected chi connectivity index (χ0v) is 9.50. The molecule has 0 radical (unpaired) electrons. The molecule has 1 aliphatic heterocycles. The van der Waals surface area contributed by atoms with Gasteiger partial charge in [-0.25, -0.2) is 12.8 Å². The first-order chi connectivity index (χ1) is 7.46. The summed E-state index contributed by atoms with van der Waals surface area (Å²) in [5.74, 6) is -0.171. The lowest BCUT2D eigenvalue weighted by molar-refractivity contribution is 0.586. The lowest BCUT2D eigenvalue weighted by Crippen LogP contribution is -2.40. The first-order valence-electron chi connectivity index (χ1n) is 4.98. The molecule has 16 heavy (non-hydrogen) atoms. The van der Waals surface area contributed by atoms with E-state index in [-0.39, 0.29) is 11.5 Å². The summed E-state index contributed by atoms with van der Waals surface area (Å²) in [6.07, 6.45) is 0. The van der Waals surface area contributed by atoms with Gasteiger partial charge in [0.2, 0.25) is 0 Å². The van der Waals surface area contributed by atoms with Crippen molar-refractivity contribution in [2.75, 3.05) is 35.2 Å². The molecule has 0 saturated carbocycles. The van der Waals surface area contributed by atoms with Crippen LogP contribution in [-0.4, -0.2) is 33.0 Å². The molecule has 1 heterocycles. The Morgan fingerprint density at radius 3 is 2.38 bits per heavy atom. The van der Waals surface area contributed by atoms with E-state index in [4.69, 9.17) is 5.73 Å². The third-order valence-corrected chi connectivity index (χ3v) is 4.22. The van der Waals surface area contributed by atoms with E-state index in [1.165, 1.54) is 12.1 Å². The highest BCUT2D eigenvalue weighted by molar-refractivity contribution is 7.91. The molecule has 0 aliphatic carbocycles. The minimum atomic E-state index is -2.91. The summed E-state index contributed by atoms with van der Waals surface area (Å²) in [4.78, 5) is 1.83. The molecule has 1 saturated heterocycles. The molecule has 1 aromatic carbocycles. The number of rotatable bonds is 1. The molecule has 0 atom stereocenters. The Morgan fingerprint density at radius 2 is 1.81 bits per heavy atom. The minimum Gasteiger partial charge on any atom is -0.399 e. The summed E-state index contributed by atoms with van der Waals surface area (Å²) in [6, 6.07) is 4.26. The monoisotopic (exact) mass is 244 g/mol. The van der Waals surface area contributed by atoms with Crippen molar-refractivity contribution in [3.63, 3.8) is 0 Å². The van der Waals surface area contributed by atoms with E-state index in [0.29, 0.717) is 24.5 Å². The van der Waals surface area contributed by atoms with Crippen LogP contribution in [0.15, 0.2) is 18.2 Å². The van der Waals surface area contributed by atoms with E-state index < -0.39 is 15.7 Å². The second kappa shape index (κ2) is 3.93. The molecule has 0 aromatic heterocycles. The topological polar surface area (TPSA) is 63.4 Å². The van der Waals surface area contributed by atoms with Gasteiger partial charge >= 0.3 is 0 Å². The zero-order valence-electron chi connectivity index (χ0n) is 8.69. The number of nitrogens with zero attached hydrogens (tertiary/aromatic N) is 1. The lowest BCUT2D eigenvalue weighted by Gasteiger charge is -2.28. The average Bonchev–Trinajstić information content (AvgIpc) is 2.15. The Bertz CT molecular complexity index is 467. The molecule has 0 amide bonds. The van der Waals surface area contributed by atoms with Crippen LogP contribution in [0.4, 0.5) is 15.8 Å². The third kappa shape index (κ3) is 2.44. The van der Waals surface area contributed by atoms with E-state index in [1.54, 1.807) is 6.07 Å². The highest BCUT2D eigenvalue weighted by Gasteiger charge is 2.22. The highest BCUT2D eigenvalue weighted by Crippen LogP contribution is 2.21. The SMILES string of the molecule is Nc1cc(F)cc(N2CCS(=O)(=O)CC2)c1. The van der Waals surface area contributed by atoms with E-state index >= 15 is 0 Å². The van der Waals surface area contributed by atoms with Crippen molar-refractivity contribution >= 4 is 21.2 Å². The molecule has 0 unspecified atom stereocenters. The number of nitrogens with two attached hydrogens (primary N) is 1. The Kier molecular flexibility index (Phi) is 2.75. The fourth-order valence-corrected chi connectivity index (χ4v) is 2.95. The molecule has 1 aromatic rings. The summed E-state index contributed by atoms with van der Waals surface area (Å²) in [6.45, 7) is 0.788. The number of benzene rings is 1. The number of sulfone groups is 1. The molecule has 2 N–H and O–H groups in total. The molecular formula is C10H13FN2O2S. The van der Waals surface area contributed by atoms with Crippen molar-refractivity contribution < 1.29 is 12.8 Å². The molecule has 1 fully saturated rings. The molecule has 2 rings (SSSR count). The molecule has 6 heteroatoms. The first kappa shape index (κ1) is 11.2. The van der Waals surface area contributed by atoms with Crippen molar-refractivity contribution in [1.82, 2.24) is 0 Å². The van der Waals surface area contributed by atoms with Crippen LogP contribution in [-0.2, 0) is 9.84 Å². The van der Waals surface area contributed by atoms with Crippen LogP contribution in [0.3, 0.4) is 0 Å². The van der Waals surface area contributed by atoms with Gasteiger partial charge in [-0.15, -0.1) is 0 Å². The molecule has 0 bridgehead atoms. The third-order valence-electron chi connectivity index (χ3n) is 2.61. The number of halogens is 1. The van der Waals surface area contributed by atoms with Gasteiger partial charge in [0.15, 0.2) is 9.84 Å². The van der Waals surface area contributed by atoms with Crippen LogP contribution in [0.1, 0.15) is 0 Å². The van der Waals surface area contributed by atoms with Crippen LogP contribution in [0.2, 0.25) is 0 Å². The molecule has 4 nitrogen and oxygen atoms in total. The maximum atomic E-state index is 13.1. The molecule has 0 spiro atoms. The van der Waals surface area contributed by atoms with Gasteiger partial charge in [0.1, 0.15) is 5.82 Å². The van der Waals surface area contributed by atoms with Gasteiger partial charge in [-0.3, -0.25) is 0 Å². The molecule has 1 aliphatic rings. The predicted molar refractivity (Wildman–Crippen MR) is 61.7 cm³/mol. The van der Waals surface area contributed by atoms with Gasteiger partial charge in [0.05, 0.1) is 11.5 Å². The normalized spacial score (nSPS) is 19.7. The summed E-state index contributed by atoms with van der Waals surface area (Å²) in [7, 11) is -2.91. The Labute approximate surface area is 93.8 Å². The van der Waals surface area contributed by atoms with Crippen LogP contribution in [0, 0.1) is 5.82 Å². The quantitative estimate of drug-likeness (QED) is 0.736. The summed E-state index contributed by atoms with van der Waals surface area (Å²) >= 11 is 0. The number of nitrogen functional groups attached to an aromatic ring is 1. The number of anilines is 2. The van der Waals surface area contributed by atoms with Crippen LogP contribution >= 0.6 is 0 Å². The predicted octanol–water partition coefficient (Wildman–Crippen LogP) is 0.643. The van der Waals surface area contributed by atoms with Crippen molar-refractivity contribution in [3.05, 3.63) is 24.0 Å². The maximum absolute atomic E-state index is 13.1. The average molecular weight is 244 g/mol. The largest absolute Gasteiger partial charge is 0.399 e. The zero-order chi connectivity index (χ0) is 11.8. The maximum Gasteiger partial charge on any atom is 0.153 e. The fraction of sp³-hybridized carbons (Fsp3) is 0.400. The Hall–Kier alpha value is -1.30. The van der Waals surface area contributed by atoms with Gasteiger partial charge in [-0.05, 0) is 18.2 Å². The van der Waals surface area contributed by atoms with Crippen LogP contribution < -0.4 is 10.6 Å². The van der Waals surface area contributed by atoms with Crippen LogP contribution in [0.25, 0.3) is 0 Å². The second-order valence-corrected chi connectivity index (χ2v) is 6.19.